The molecule has 18 heavy (non-hydrogen) atoms. The van der Waals surface area contributed by atoms with Crippen LogP contribution < -0.4 is 0 Å². The highest BCUT2D eigenvalue weighted by Gasteiger charge is 2.42. The molecule has 0 spiro atoms. The monoisotopic (exact) mass is 245 g/mol. The maximum absolute atomic E-state index is 5.44. The average Bonchev–Trinajstić information content (AvgIpc) is 2.91. The van der Waals surface area contributed by atoms with Crippen LogP contribution in [0.25, 0.3) is 11.5 Å². The van der Waals surface area contributed by atoms with Gasteiger partial charge in [-0.15, -0.1) is 0 Å². The first kappa shape index (κ1) is 10.3. The summed E-state index contributed by atoms with van der Waals surface area (Å²) in [4.78, 5) is 4.49. The predicted molar refractivity (Wildman–Crippen MR) is 62.6 cm³/mol. The summed E-state index contributed by atoms with van der Waals surface area (Å²) in [6, 6.07) is 1.75. The standard InChI is InChI=1S/C13H15N3O2/c1-2-9(8-4-5-8)10(3-1)13-14-12(16-18-13)11-6-7-17-15-11/h6-10H,1-5H2/t9-,10+/m0/s1. The van der Waals surface area contributed by atoms with Gasteiger partial charge >= 0.3 is 0 Å². The molecule has 2 aromatic heterocycles. The molecule has 2 fully saturated rings. The Balaban J connectivity index is 1.61. The topological polar surface area (TPSA) is 65.0 Å². The highest BCUT2D eigenvalue weighted by Crippen LogP contribution is 2.51. The number of hydrogen-bond acceptors (Lipinski definition) is 5. The summed E-state index contributed by atoms with van der Waals surface area (Å²) < 4.78 is 10.2. The average molecular weight is 245 g/mol. The van der Waals surface area contributed by atoms with E-state index in [2.05, 4.69) is 15.3 Å². The molecule has 0 radical (unpaired) electrons. The molecule has 2 aliphatic rings. The molecule has 0 saturated heterocycles. The van der Waals surface area contributed by atoms with Gasteiger partial charge in [0.1, 0.15) is 6.26 Å². The van der Waals surface area contributed by atoms with Gasteiger partial charge in [0.05, 0.1) is 0 Å². The van der Waals surface area contributed by atoms with Crippen LogP contribution >= 0.6 is 0 Å². The Kier molecular flexibility index (Phi) is 2.25. The summed E-state index contributed by atoms with van der Waals surface area (Å²) in [5.41, 5.74) is 0.644. The Morgan fingerprint density at radius 2 is 2.06 bits per heavy atom. The van der Waals surface area contributed by atoms with Crippen molar-refractivity contribution in [3.05, 3.63) is 18.2 Å². The molecule has 0 aromatic carbocycles. The van der Waals surface area contributed by atoms with Crippen molar-refractivity contribution in [3.8, 4) is 11.5 Å². The zero-order chi connectivity index (χ0) is 11.9. The third kappa shape index (κ3) is 1.65. The van der Waals surface area contributed by atoms with Crippen LogP contribution in [0.3, 0.4) is 0 Å². The minimum atomic E-state index is 0.464. The van der Waals surface area contributed by atoms with Gasteiger partial charge in [0.15, 0.2) is 5.69 Å². The number of rotatable bonds is 3. The van der Waals surface area contributed by atoms with Crippen LogP contribution in [0.5, 0.6) is 0 Å². The molecule has 2 atom stereocenters. The molecule has 2 heterocycles. The van der Waals surface area contributed by atoms with Crippen LogP contribution in [0.15, 0.2) is 21.4 Å². The second-order valence-electron chi connectivity index (χ2n) is 5.38. The zero-order valence-electron chi connectivity index (χ0n) is 10.1. The van der Waals surface area contributed by atoms with Crippen molar-refractivity contribution in [1.82, 2.24) is 15.3 Å². The maximum atomic E-state index is 5.44. The van der Waals surface area contributed by atoms with Gasteiger partial charge in [-0.3, -0.25) is 0 Å². The van der Waals surface area contributed by atoms with Crippen LogP contribution in [0.2, 0.25) is 0 Å². The number of hydrogen-bond donors (Lipinski definition) is 0. The molecule has 0 aliphatic heterocycles. The summed E-state index contributed by atoms with van der Waals surface area (Å²) in [5.74, 6) is 3.46. The molecule has 2 saturated carbocycles. The molecular weight excluding hydrogens is 230 g/mol. The fourth-order valence-electron chi connectivity index (χ4n) is 3.20. The minimum Gasteiger partial charge on any atom is -0.364 e. The summed E-state index contributed by atoms with van der Waals surface area (Å²) >= 11 is 0. The van der Waals surface area contributed by atoms with E-state index in [0.29, 0.717) is 17.4 Å². The summed E-state index contributed by atoms with van der Waals surface area (Å²) in [6.45, 7) is 0. The first-order chi connectivity index (χ1) is 8.92. The highest BCUT2D eigenvalue weighted by atomic mass is 16.5. The van der Waals surface area contributed by atoms with Gasteiger partial charge in [0, 0.05) is 12.0 Å². The van der Waals surface area contributed by atoms with Gasteiger partial charge in [-0.05, 0) is 37.5 Å². The summed E-state index contributed by atoms with van der Waals surface area (Å²) in [7, 11) is 0. The van der Waals surface area contributed by atoms with Crippen molar-refractivity contribution in [2.75, 3.05) is 0 Å². The Hall–Kier alpha value is -1.65. The molecular formula is C13H15N3O2. The van der Waals surface area contributed by atoms with E-state index in [1.165, 1.54) is 38.4 Å². The van der Waals surface area contributed by atoms with Crippen LogP contribution in [-0.2, 0) is 0 Å². The smallest absolute Gasteiger partial charge is 0.230 e. The van der Waals surface area contributed by atoms with Crippen molar-refractivity contribution in [1.29, 1.82) is 0 Å². The lowest BCUT2D eigenvalue weighted by Crippen LogP contribution is -2.08. The normalized spacial score (nSPS) is 27.8. The SMILES string of the molecule is c1cc(-c2noc([C@@H]3CCC[C@H]3C3CC3)n2)no1. The number of nitrogens with zero attached hydrogens (tertiary/aromatic N) is 3. The maximum Gasteiger partial charge on any atom is 0.230 e. The second-order valence-corrected chi connectivity index (χ2v) is 5.38. The Bertz CT molecular complexity index is 530. The molecule has 4 rings (SSSR count). The van der Waals surface area contributed by atoms with Crippen LogP contribution in [0.4, 0.5) is 0 Å². The molecule has 94 valence electrons. The molecule has 0 N–H and O–H groups in total. The van der Waals surface area contributed by atoms with Crippen molar-refractivity contribution >= 4 is 0 Å². The molecule has 0 unspecified atom stereocenters. The lowest BCUT2D eigenvalue weighted by molar-refractivity contribution is 0.308. The van der Waals surface area contributed by atoms with Gasteiger partial charge < -0.3 is 9.05 Å². The second kappa shape index (κ2) is 3.93. The first-order valence-electron chi connectivity index (χ1n) is 6.66. The van der Waals surface area contributed by atoms with E-state index in [-0.39, 0.29) is 0 Å². The van der Waals surface area contributed by atoms with E-state index in [1.807, 2.05) is 0 Å². The first-order valence-corrected chi connectivity index (χ1v) is 6.66. The zero-order valence-corrected chi connectivity index (χ0v) is 10.1. The lowest BCUT2D eigenvalue weighted by Gasteiger charge is -2.14. The minimum absolute atomic E-state index is 0.464. The van der Waals surface area contributed by atoms with Gasteiger partial charge in [0.25, 0.3) is 0 Å². The van der Waals surface area contributed by atoms with Gasteiger partial charge in [-0.25, -0.2) is 0 Å². The van der Waals surface area contributed by atoms with Crippen LogP contribution in [0, 0.1) is 11.8 Å². The van der Waals surface area contributed by atoms with Crippen molar-refractivity contribution in [2.45, 2.75) is 38.0 Å². The molecule has 5 heteroatoms. The predicted octanol–water partition coefficient (Wildman–Crippen LogP) is 3.02. The van der Waals surface area contributed by atoms with Crippen molar-refractivity contribution in [3.63, 3.8) is 0 Å². The van der Waals surface area contributed by atoms with Gasteiger partial charge in [0.2, 0.25) is 11.7 Å². The Morgan fingerprint density at radius 3 is 2.83 bits per heavy atom. The summed E-state index contributed by atoms with van der Waals surface area (Å²) in [6.07, 6.45) is 8.07. The third-order valence-corrected chi connectivity index (χ3v) is 4.22. The van der Waals surface area contributed by atoms with Gasteiger partial charge in [-0.2, -0.15) is 4.98 Å². The fraction of sp³-hybridized carbons (Fsp3) is 0.615. The molecule has 0 bridgehead atoms. The molecule has 0 amide bonds. The van der Waals surface area contributed by atoms with Crippen LogP contribution in [0.1, 0.15) is 43.9 Å². The van der Waals surface area contributed by atoms with Crippen molar-refractivity contribution < 1.29 is 9.05 Å². The molecule has 5 nitrogen and oxygen atoms in total. The summed E-state index contributed by atoms with van der Waals surface area (Å²) in [5, 5.41) is 7.84. The van der Waals surface area contributed by atoms with E-state index < -0.39 is 0 Å². The highest BCUT2D eigenvalue weighted by molar-refractivity contribution is 5.45. The Morgan fingerprint density at radius 1 is 1.11 bits per heavy atom. The number of aromatic nitrogens is 3. The van der Waals surface area contributed by atoms with Crippen LogP contribution in [-0.4, -0.2) is 15.3 Å². The van der Waals surface area contributed by atoms with E-state index >= 15 is 0 Å². The lowest BCUT2D eigenvalue weighted by atomic mass is 9.91. The van der Waals surface area contributed by atoms with E-state index in [4.69, 9.17) is 9.05 Å². The van der Waals surface area contributed by atoms with E-state index in [0.717, 1.165) is 17.7 Å². The third-order valence-electron chi connectivity index (χ3n) is 4.22. The quantitative estimate of drug-likeness (QED) is 0.831. The van der Waals surface area contributed by atoms with Gasteiger partial charge in [-0.1, -0.05) is 16.7 Å². The molecule has 2 aliphatic carbocycles. The van der Waals surface area contributed by atoms with Crippen molar-refractivity contribution in [2.24, 2.45) is 11.8 Å². The fourth-order valence-corrected chi connectivity index (χ4v) is 3.20. The van der Waals surface area contributed by atoms with E-state index in [1.54, 1.807) is 6.07 Å². The van der Waals surface area contributed by atoms with E-state index in [9.17, 15) is 0 Å². The molecule has 2 aromatic rings. The Labute approximate surface area is 105 Å². The largest absolute Gasteiger partial charge is 0.364 e.